The van der Waals surface area contributed by atoms with Crippen molar-refractivity contribution in [3.63, 3.8) is 0 Å². The van der Waals surface area contributed by atoms with Crippen LogP contribution in [0.2, 0.25) is 0 Å². The number of aromatic amines is 1. The molecule has 0 fully saturated rings. The quantitative estimate of drug-likeness (QED) is 0.723. The molecule has 0 atom stereocenters. The summed E-state index contributed by atoms with van der Waals surface area (Å²) in [6.07, 6.45) is 5.48. The summed E-state index contributed by atoms with van der Waals surface area (Å²) in [5, 5.41) is 9.96. The van der Waals surface area contributed by atoms with Gasteiger partial charge in [-0.3, -0.25) is 4.98 Å². The van der Waals surface area contributed by atoms with Gasteiger partial charge >= 0.3 is 5.97 Å². The van der Waals surface area contributed by atoms with Crippen molar-refractivity contribution in [2.75, 3.05) is 0 Å². The van der Waals surface area contributed by atoms with Gasteiger partial charge in [-0.05, 0) is 18.2 Å². The minimum absolute atomic E-state index is 0.191. The standard InChI is InChI=1S/C13H11N3O2/c1-16-7-9(8-4-5-14-6-12(8)16)10-2-3-11(15-10)13(17)18/h2-7,15H,1H3,(H,17,18). The molecule has 3 rings (SSSR count). The fourth-order valence-electron chi connectivity index (χ4n) is 2.12. The Hall–Kier alpha value is -2.56. The van der Waals surface area contributed by atoms with Crippen LogP contribution in [0.3, 0.4) is 0 Å². The number of carbonyl (C=O) groups is 1. The van der Waals surface area contributed by atoms with Crippen molar-refractivity contribution in [3.8, 4) is 11.3 Å². The normalized spacial score (nSPS) is 10.9. The summed E-state index contributed by atoms with van der Waals surface area (Å²) < 4.78 is 1.97. The lowest BCUT2D eigenvalue weighted by atomic mass is 10.1. The maximum absolute atomic E-state index is 10.9. The minimum Gasteiger partial charge on any atom is -0.477 e. The van der Waals surface area contributed by atoms with Crippen molar-refractivity contribution in [1.29, 1.82) is 0 Å². The van der Waals surface area contributed by atoms with Crippen molar-refractivity contribution >= 4 is 16.9 Å². The first-order valence-electron chi connectivity index (χ1n) is 5.48. The Bertz CT molecular complexity index is 740. The molecule has 3 heterocycles. The van der Waals surface area contributed by atoms with Crippen molar-refractivity contribution < 1.29 is 9.90 Å². The zero-order valence-electron chi connectivity index (χ0n) is 9.71. The molecule has 0 aliphatic rings. The number of nitrogens with one attached hydrogen (secondary N) is 1. The van der Waals surface area contributed by atoms with Crippen LogP contribution in [-0.4, -0.2) is 25.6 Å². The molecule has 0 aliphatic carbocycles. The highest BCUT2D eigenvalue weighted by molar-refractivity contribution is 5.96. The summed E-state index contributed by atoms with van der Waals surface area (Å²) in [5.41, 5.74) is 2.97. The average Bonchev–Trinajstić information content (AvgIpc) is 2.95. The lowest BCUT2D eigenvalue weighted by Crippen LogP contribution is -1.95. The summed E-state index contributed by atoms with van der Waals surface area (Å²) in [7, 11) is 1.94. The Labute approximate surface area is 103 Å². The fraction of sp³-hybridized carbons (Fsp3) is 0.0769. The fourth-order valence-corrected chi connectivity index (χ4v) is 2.12. The lowest BCUT2D eigenvalue weighted by Gasteiger charge is -1.95. The average molecular weight is 241 g/mol. The van der Waals surface area contributed by atoms with Crippen LogP contribution in [0, 0.1) is 0 Å². The Kier molecular flexibility index (Phi) is 2.19. The predicted molar refractivity (Wildman–Crippen MR) is 67.5 cm³/mol. The van der Waals surface area contributed by atoms with Gasteiger partial charge in [-0.2, -0.15) is 0 Å². The van der Waals surface area contributed by atoms with Crippen LogP contribution in [-0.2, 0) is 7.05 Å². The highest BCUT2D eigenvalue weighted by atomic mass is 16.4. The van der Waals surface area contributed by atoms with Crippen LogP contribution in [0.25, 0.3) is 22.2 Å². The molecule has 0 radical (unpaired) electrons. The predicted octanol–water partition coefficient (Wildman–Crippen LogP) is 2.27. The van der Waals surface area contributed by atoms with Gasteiger partial charge in [-0.25, -0.2) is 4.79 Å². The smallest absolute Gasteiger partial charge is 0.352 e. The number of aryl methyl sites for hydroxylation is 1. The molecule has 0 aliphatic heterocycles. The van der Waals surface area contributed by atoms with Crippen LogP contribution in [0.15, 0.2) is 36.8 Å². The number of carboxylic acid groups (broad SMARTS) is 1. The van der Waals surface area contributed by atoms with E-state index in [-0.39, 0.29) is 5.69 Å². The van der Waals surface area contributed by atoms with Gasteiger partial charge in [-0.1, -0.05) is 0 Å². The topological polar surface area (TPSA) is 70.9 Å². The van der Waals surface area contributed by atoms with E-state index < -0.39 is 5.97 Å². The summed E-state index contributed by atoms with van der Waals surface area (Å²) in [5.74, 6) is -0.955. The number of aromatic carboxylic acids is 1. The molecule has 0 unspecified atom stereocenters. The number of hydrogen-bond acceptors (Lipinski definition) is 2. The van der Waals surface area contributed by atoms with Gasteiger partial charge in [0.2, 0.25) is 0 Å². The third kappa shape index (κ3) is 1.48. The number of aromatic nitrogens is 3. The lowest BCUT2D eigenvalue weighted by molar-refractivity contribution is 0.0691. The van der Waals surface area contributed by atoms with Crippen LogP contribution in [0.1, 0.15) is 10.5 Å². The summed E-state index contributed by atoms with van der Waals surface area (Å²) >= 11 is 0. The Balaban J connectivity index is 2.22. The maximum Gasteiger partial charge on any atom is 0.352 e. The molecule has 0 saturated carbocycles. The van der Waals surface area contributed by atoms with Crippen LogP contribution in [0.5, 0.6) is 0 Å². The highest BCUT2D eigenvalue weighted by Gasteiger charge is 2.12. The van der Waals surface area contributed by atoms with Crippen molar-refractivity contribution in [1.82, 2.24) is 14.5 Å². The number of H-pyrrole nitrogens is 1. The van der Waals surface area contributed by atoms with E-state index in [1.54, 1.807) is 24.5 Å². The molecule has 0 saturated heterocycles. The van der Waals surface area contributed by atoms with E-state index >= 15 is 0 Å². The molecule has 5 heteroatoms. The van der Waals surface area contributed by atoms with E-state index in [9.17, 15) is 4.79 Å². The largest absolute Gasteiger partial charge is 0.477 e. The monoisotopic (exact) mass is 241 g/mol. The Morgan fingerprint density at radius 1 is 1.39 bits per heavy atom. The molecular formula is C13H11N3O2. The molecule has 18 heavy (non-hydrogen) atoms. The zero-order chi connectivity index (χ0) is 12.7. The van der Waals surface area contributed by atoms with Gasteiger partial charge in [0.25, 0.3) is 0 Å². The van der Waals surface area contributed by atoms with Crippen molar-refractivity contribution in [2.24, 2.45) is 7.05 Å². The number of hydrogen-bond donors (Lipinski definition) is 2. The number of nitrogens with zero attached hydrogens (tertiary/aromatic N) is 2. The molecular weight excluding hydrogens is 230 g/mol. The second kappa shape index (κ2) is 3.73. The number of rotatable bonds is 2. The van der Waals surface area contributed by atoms with Crippen molar-refractivity contribution in [3.05, 3.63) is 42.5 Å². The van der Waals surface area contributed by atoms with E-state index in [0.717, 1.165) is 22.2 Å². The summed E-state index contributed by atoms with van der Waals surface area (Å²) in [6.45, 7) is 0. The third-order valence-corrected chi connectivity index (χ3v) is 3.00. The van der Waals surface area contributed by atoms with E-state index in [2.05, 4.69) is 9.97 Å². The first kappa shape index (κ1) is 10.6. The van der Waals surface area contributed by atoms with Gasteiger partial charge in [0.1, 0.15) is 5.69 Å². The summed E-state index contributed by atoms with van der Waals surface area (Å²) in [6, 6.07) is 5.27. The molecule has 0 spiro atoms. The van der Waals surface area contributed by atoms with Gasteiger partial charge in [0.15, 0.2) is 0 Å². The number of fused-ring (bicyclic) bond motifs is 1. The highest BCUT2D eigenvalue weighted by Crippen LogP contribution is 2.28. The SMILES string of the molecule is Cn1cc(-c2ccc(C(=O)O)[nH]2)c2ccncc21. The molecule has 0 bridgehead atoms. The van der Waals surface area contributed by atoms with E-state index in [1.807, 2.05) is 23.9 Å². The molecule has 3 aromatic rings. The zero-order valence-corrected chi connectivity index (χ0v) is 9.71. The minimum atomic E-state index is -0.955. The number of pyridine rings is 1. The van der Waals surface area contributed by atoms with E-state index in [0.29, 0.717) is 0 Å². The van der Waals surface area contributed by atoms with Gasteiger partial charge in [0, 0.05) is 36.1 Å². The first-order chi connectivity index (χ1) is 8.66. The molecule has 5 nitrogen and oxygen atoms in total. The van der Waals surface area contributed by atoms with Crippen LogP contribution < -0.4 is 0 Å². The molecule has 0 aromatic carbocycles. The molecule has 0 amide bonds. The molecule has 3 aromatic heterocycles. The van der Waals surface area contributed by atoms with Crippen LogP contribution >= 0.6 is 0 Å². The third-order valence-electron chi connectivity index (χ3n) is 3.00. The Morgan fingerprint density at radius 2 is 2.22 bits per heavy atom. The van der Waals surface area contributed by atoms with Gasteiger partial charge in [-0.15, -0.1) is 0 Å². The van der Waals surface area contributed by atoms with Gasteiger partial charge < -0.3 is 14.7 Å². The maximum atomic E-state index is 10.9. The molecule has 90 valence electrons. The van der Waals surface area contributed by atoms with E-state index in [1.165, 1.54) is 0 Å². The molecule has 2 N–H and O–H groups in total. The Morgan fingerprint density at radius 3 is 2.94 bits per heavy atom. The van der Waals surface area contributed by atoms with Crippen LogP contribution in [0.4, 0.5) is 0 Å². The van der Waals surface area contributed by atoms with Crippen molar-refractivity contribution in [2.45, 2.75) is 0 Å². The van der Waals surface area contributed by atoms with Gasteiger partial charge in [0.05, 0.1) is 11.7 Å². The number of carboxylic acids is 1. The summed E-state index contributed by atoms with van der Waals surface area (Å²) in [4.78, 5) is 17.9. The second-order valence-corrected chi connectivity index (χ2v) is 4.14. The second-order valence-electron chi connectivity index (χ2n) is 4.14. The first-order valence-corrected chi connectivity index (χ1v) is 5.48. The van der Waals surface area contributed by atoms with E-state index in [4.69, 9.17) is 5.11 Å².